The molecular formula is C53H34N4. The summed E-state index contributed by atoms with van der Waals surface area (Å²) in [4.78, 5) is 5.53. The maximum atomic E-state index is 5.53. The molecule has 0 radical (unpaired) electrons. The van der Waals surface area contributed by atoms with E-state index in [1.54, 1.807) is 0 Å². The van der Waals surface area contributed by atoms with Crippen LogP contribution in [0.5, 0.6) is 0 Å². The molecule has 57 heavy (non-hydrogen) atoms. The van der Waals surface area contributed by atoms with E-state index in [4.69, 9.17) is 4.98 Å². The molecule has 4 aromatic heterocycles. The quantitative estimate of drug-likeness (QED) is 0.174. The molecule has 12 rings (SSSR count). The zero-order chi connectivity index (χ0) is 37.5. The Morgan fingerprint density at radius 2 is 0.684 bits per heavy atom. The number of hydrogen-bond donors (Lipinski definition) is 0. The molecule has 4 heteroatoms. The molecule has 0 bridgehead atoms. The monoisotopic (exact) mass is 726 g/mol. The van der Waals surface area contributed by atoms with E-state index in [2.05, 4.69) is 220 Å². The summed E-state index contributed by atoms with van der Waals surface area (Å²) < 4.78 is 7.26. The second-order valence-electron chi connectivity index (χ2n) is 14.8. The summed E-state index contributed by atoms with van der Waals surface area (Å²) in [6.45, 7) is 0. The molecule has 0 aliphatic rings. The van der Waals surface area contributed by atoms with Gasteiger partial charge in [0.1, 0.15) is 5.82 Å². The maximum absolute atomic E-state index is 5.53. The van der Waals surface area contributed by atoms with E-state index in [0.717, 1.165) is 45.0 Å². The van der Waals surface area contributed by atoms with E-state index in [9.17, 15) is 0 Å². The van der Waals surface area contributed by atoms with Gasteiger partial charge >= 0.3 is 0 Å². The first-order valence-electron chi connectivity index (χ1n) is 19.5. The van der Waals surface area contributed by atoms with Crippen molar-refractivity contribution >= 4 is 65.4 Å². The highest BCUT2D eigenvalue weighted by Gasteiger charge is 2.23. The summed E-state index contributed by atoms with van der Waals surface area (Å²) in [5.74, 6) is 0.869. The molecule has 0 fully saturated rings. The van der Waals surface area contributed by atoms with Crippen LogP contribution in [-0.4, -0.2) is 18.7 Å². The van der Waals surface area contributed by atoms with Gasteiger partial charge in [-0.1, -0.05) is 158 Å². The van der Waals surface area contributed by atoms with Crippen LogP contribution in [-0.2, 0) is 0 Å². The Kier molecular flexibility index (Phi) is 6.89. The van der Waals surface area contributed by atoms with Crippen LogP contribution in [0.1, 0.15) is 0 Å². The van der Waals surface area contributed by atoms with Gasteiger partial charge in [-0.3, -0.25) is 4.57 Å². The summed E-state index contributed by atoms with van der Waals surface area (Å²) in [7, 11) is 0. The molecule has 0 aliphatic heterocycles. The Bertz CT molecular complexity index is 3440. The highest BCUT2D eigenvalue weighted by atomic mass is 15.1. The molecule has 12 aromatic rings. The smallest absolute Gasteiger partial charge is 0.140 e. The number of para-hydroxylation sites is 5. The third kappa shape index (κ3) is 4.77. The summed E-state index contributed by atoms with van der Waals surface area (Å²) in [6.07, 6.45) is 0. The van der Waals surface area contributed by atoms with Crippen molar-refractivity contribution in [2.24, 2.45) is 0 Å². The lowest BCUT2D eigenvalue weighted by atomic mass is 10.0. The van der Waals surface area contributed by atoms with Crippen molar-refractivity contribution in [3.05, 3.63) is 206 Å². The van der Waals surface area contributed by atoms with Crippen LogP contribution in [0, 0.1) is 0 Å². The van der Waals surface area contributed by atoms with E-state index in [-0.39, 0.29) is 0 Å². The normalized spacial score (nSPS) is 11.9. The molecule has 4 heterocycles. The Morgan fingerprint density at radius 1 is 0.281 bits per heavy atom. The van der Waals surface area contributed by atoms with Gasteiger partial charge in [-0.05, 0) is 53.6 Å². The standard InChI is InChI=1S/C53H34N4/c1-3-15-35(16-4-1)36-27-29-37(30-28-36)46-33-39(34-51(54-46)57-49-25-13-7-19-40(49)41-20-8-14-26-50(41)57)56-48-24-12-10-22-43(48)45-32-31-44-42-21-9-11-23-47(42)55(52(44)53(45)56)38-17-5-2-6-18-38/h1-34H. The molecule has 0 atom stereocenters. The molecule has 0 aliphatic carbocycles. The van der Waals surface area contributed by atoms with E-state index in [1.165, 1.54) is 60.0 Å². The van der Waals surface area contributed by atoms with Crippen LogP contribution in [0.15, 0.2) is 206 Å². The molecule has 0 unspecified atom stereocenters. The van der Waals surface area contributed by atoms with Crippen molar-refractivity contribution in [1.82, 2.24) is 18.7 Å². The van der Waals surface area contributed by atoms with Crippen molar-refractivity contribution in [2.75, 3.05) is 0 Å². The van der Waals surface area contributed by atoms with E-state index >= 15 is 0 Å². The number of benzene rings is 8. The van der Waals surface area contributed by atoms with Crippen LogP contribution in [0.2, 0.25) is 0 Å². The first kappa shape index (κ1) is 31.6. The van der Waals surface area contributed by atoms with E-state index in [1.807, 2.05) is 0 Å². The van der Waals surface area contributed by atoms with Crippen LogP contribution in [0.25, 0.3) is 105 Å². The molecule has 4 nitrogen and oxygen atoms in total. The zero-order valence-corrected chi connectivity index (χ0v) is 30.9. The number of aromatic nitrogens is 4. The summed E-state index contributed by atoms with van der Waals surface area (Å²) >= 11 is 0. The van der Waals surface area contributed by atoms with Gasteiger partial charge in [0.2, 0.25) is 0 Å². The van der Waals surface area contributed by atoms with Crippen molar-refractivity contribution in [3.63, 3.8) is 0 Å². The first-order valence-corrected chi connectivity index (χ1v) is 19.5. The van der Waals surface area contributed by atoms with Gasteiger partial charge in [-0.2, -0.15) is 0 Å². The average molecular weight is 727 g/mol. The van der Waals surface area contributed by atoms with E-state index in [0.29, 0.717) is 0 Å². The Hall–Kier alpha value is -7.69. The van der Waals surface area contributed by atoms with Gasteiger partial charge in [0.05, 0.1) is 44.5 Å². The fraction of sp³-hybridized carbons (Fsp3) is 0. The minimum absolute atomic E-state index is 0.869. The highest BCUT2D eigenvalue weighted by molar-refractivity contribution is 6.24. The first-order chi connectivity index (χ1) is 28.3. The number of fused-ring (bicyclic) bond motifs is 10. The SMILES string of the molecule is c1ccc(-c2ccc(-c3cc(-n4c5ccccc5c5ccc6c7ccccc7n(-c7ccccc7)c6c54)cc(-n4c5ccccc5c5ccccc54)n3)cc2)cc1. The second kappa shape index (κ2) is 12.4. The predicted octanol–water partition coefficient (Wildman–Crippen LogP) is 13.7. The molecule has 0 N–H and O–H groups in total. The lowest BCUT2D eigenvalue weighted by Gasteiger charge is -2.16. The molecule has 0 spiro atoms. The van der Waals surface area contributed by atoms with Crippen molar-refractivity contribution < 1.29 is 0 Å². The average Bonchev–Trinajstić information content (AvgIpc) is 3.93. The van der Waals surface area contributed by atoms with E-state index < -0.39 is 0 Å². The number of hydrogen-bond acceptors (Lipinski definition) is 1. The molecule has 8 aromatic carbocycles. The number of rotatable bonds is 5. The Morgan fingerprint density at radius 3 is 1.23 bits per heavy atom. The number of pyridine rings is 1. The fourth-order valence-corrected chi connectivity index (χ4v) is 9.14. The van der Waals surface area contributed by atoms with Crippen molar-refractivity contribution in [1.29, 1.82) is 0 Å². The molecule has 0 saturated carbocycles. The van der Waals surface area contributed by atoms with Gasteiger partial charge < -0.3 is 9.13 Å². The van der Waals surface area contributed by atoms with Crippen LogP contribution in [0.4, 0.5) is 0 Å². The van der Waals surface area contributed by atoms with Crippen molar-refractivity contribution in [2.45, 2.75) is 0 Å². The highest BCUT2D eigenvalue weighted by Crippen LogP contribution is 2.43. The molecule has 0 amide bonds. The maximum Gasteiger partial charge on any atom is 0.140 e. The van der Waals surface area contributed by atoms with Gasteiger partial charge in [0.25, 0.3) is 0 Å². The summed E-state index contributed by atoms with van der Waals surface area (Å²) in [5, 5.41) is 7.29. The lowest BCUT2D eigenvalue weighted by Crippen LogP contribution is -2.04. The van der Waals surface area contributed by atoms with Crippen LogP contribution in [0.3, 0.4) is 0 Å². The molecular weight excluding hydrogens is 693 g/mol. The predicted molar refractivity (Wildman–Crippen MR) is 238 cm³/mol. The fourth-order valence-electron chi connectivity index (χ4n) is 9.14. The largest absolute Gasteiger partial charge is 0.307 e. The van der Waals surface area contributed by atoms with Gasteiger partial charge in [0.15, 0.2) is 0 Å². The second-order valence-corrected chi connectivity index (χ2v) is 14.8. The van der Waals surface area contributed by atoms with Crippen LogP contribution < -0.4 is 0 Å². The van der Waals surface area contributed by atoms with Gasteiger partial charge in [0, 0.05) is 49.6 Å². The minimum atomic E-state index is 0.869. The topological polar surface area (TPSA) is 27.7 Å². The molecule has 0 saturated heterocycles. The van der Waals surface area contributed by atoms with Gasteiger partial charge in [-0.25, -0.2) is 4.98 Å². The Balaban J connectivity index is 1.22. The summed E-state index contributed by atoms with van der Waals surface area (Å²) in [5.41, 5.74) is 13.5. The van der Waals surface area contributed by atoms with Crippen molar-refractivity contribution in [3.8, 4) is 39.6 Å². The summed E-state index contributed by atoms with van der Waals surface area (Å²) in [6, 6.07) is 74.3. The van der Waals surface area contributed by atoms with Gasteiger partial charge in [-0.15, -0.1) is 0 Å². The molecule has 266 valence electrons. The Labute approximate surface area is 328 Å². The third-order valence-corrected chi connectivity index (χ3v) is 11.6. The van der Waals surface area contributed by atoms with Crippen LogP contribution >= 0.6 is 0 Å². The lowest BCUT2D eigenvalue weighted by molar-refractivity contribution is 1.06. The minimum Gasteiger partial charge on any atom is -0.307 e. The third-order valence-electron chi connectivity index (χ3n) is 11.6. The number of nitrogens with zero attached hydrogens (tertiary/aromatic N) is 4. The zero-order valence-electron chi connectivity index (χ0n) is 30.9.